The van der Waals surface area contributed by atoms with E-state index < -0.39 is 0 Å². The molecule has 1 atom stereocenters. The lowest BCUT2D eigenvalue weighted by atomic mass is 9.97. The zero-order valence-electron chi connectivity index (χ0n) is 14.8. The Morgan fingerprint density at radius 1 is 1.04 bits per heavy atom. The van der Waals surface area contributed by atoms with Crippen molar-refractivity contribution in [2.24, 2.45) is 5.92 Å². The van der Waals surface area contributed by atoms with Gasteiger partial charge in [0.25, 0.3) is 0 Å². The highest BCUT2D eigenvalue weighted by molar-refractivity contribution is 7.80. The standard InChI is InChI=1S/C20H26N2OS/c1-14(2)13-19(16-7-11-18(23-4)12-8-16)22-20(24)21-17-9-5-15(3)6-10-17/h5-12,14,19H,13H2,1-4H3,(H2,21,22,24)/t19-/m0/s1. The van der Waals surface area contributed by atoms with E-state index in [1.54, 1.807) is 7.11 Å². The van der Waals surface area contributed by atoms with Gasteiger partial charge in [0, 0.05) is 5.69 Å². The van der Waals surface area contributed by atoms with Crippen LogP contribution in [0.15, 0.2) is 48.5 Å². The van der Waals surface area contributed by atoms with E-state index in [2.05, 4.69) is 55.7 Å². The largest absolute Gasteiger partial charge is 0.497 e. The van der Waals surface area contributed by atoms with Gasteiger partial charge in [0.1, 0.15) is 5.75 Å². The first kappa shape index (κ1) is 18.3. The van der Waals surface area contributed by atoms with Gasteiger partial charge in [-0.3, -0.25) is 0 Å². The second kappa shape index (κ2) is 8.69. The minimum absolute atomic E-state index is 0.168. The van der Waals surface area contributed by atoms with Crippen molar-refractivity contribution >= 4 is 23.0 Å². The van der Waals surface area contributed by atoms with Gasteiger partial charge in [0.05, 0.1) is 13.2 Å². The van der Waals surface area contributed by atoms with Crippen LogP contribution in [0.2, 0.25) is 0 Å². The number of ether oxygens (including phenoxy) is 1. The van der Waals surface area contributed by atoms with Crippen molar-refractivity contribution in [2.45, 2.75) is 33.2 Å². The van der Waals surface area contributed by atoms with Crippen LogP contribution in [0.1, 0.15) is 37.4 Å². The third-order valence-electron chi connectivity index (χ3n) is 3.84. The monoisotopic (exact) mass is 342 g/mol. The molecule has 2 rings (SSSR count). The molecule has 4 heteroatoms. The highest BCUT2D eigenvalue weighted by Gasteiger charge is 2.15. The molecule has 0 saturated heterocycles. The van der Waals surface area contributed by atoms with Gasteiger partial charge >= 0.3 is 0 Å². The summed E-state index contributed by atoms with van der Waals surface area (Å²) in [6.07, 6.45) is 1.00. The Kier molecular flexibility index (Phi) is 6.62. The molecule has 0 aliphatic heterocycles. The Balaban J connectivity index is 2.06. The first-order valence-corrected chi connectivity index (χ1v) is 8.67. The average molecular weight is 343 g/mol. The molecule has 24 heavy (non-hydrogen) atoms. The lowest BCUT2D eigenvalue weighted by Gasteiger charge is -2.23. The second-order valence-corrected chi connectivity index (χ2v) is 6.83. The number of thiocarbonyl (C=S) groups is 1. The third-order valence-corrected chi connectivity index (χ3v) is 4.06. The lowest BCUT2D eigenvalue weighted by Crippen LogP contribution is -2.33. The minimum Gasteiger partial charge on any atom is -0.497 e. The Labute approximate surface area is 150 Å². The fraction of sp³-hybridized carbons (Fsp3) is 0.350. The molecule has 0 spiro atoms. The first-order chi connectivity index (χ1) is 11.5. The fourth-order valence-corrected chi connectivity index (χ4v) is 2.81. The molecular formula is C20H26N2OS. The maximum Gasteiger partial charge on any atom is 0.171 e. The van der Waals surface area contributed by atoms with Crippen LogP contribution in [0.25, 0.3) is 0 Å². The minimum atomic E-state index is 0.168. The molecule has 128 valence electrons. The third kappa shape index (κ3) is 5.53. The summed E-state index contributed by atoms with van der Waals surface area (Å²) < 4.78 is 5.24. The van der Waals surface area contributed by atoms with Crippen LogP contribution in [0.4, 0.5) is 5.69 Å². The van der Waals surface area contributed by atoms with Crippen LogP contribution in [0, 0.1) is 12.8 Å². The number of methoxy groups -OCH3 is 1. The SMILES string of the molecule is COc1ccc([C@H](CC(C)C)NC(=S)Nc2ccc(C)cc2)cc1. The van der Waals surface area contributed by atoms with E-state index >= 15 is 0 Å². The van der Waals surface area contributed by atoms with Gasteiger partial charge in [-0.15, -0.1) is 0 Å². The van der Waals surface area contributed by atoms with Gasteiger partial charge in [0.2, 0.25) is 0 Å². The van der Waals surface area contributed by atoms with Crippen LogP contribution in [-0.2, 0) is 0 Å². The summed E-state index contributed by atoms with van der Waals surface area (Å²) in [5.41, 5.74) is 3.43. The van der Waals surface area contributed by atoms with Gasteiger partial charge in [0.15, 0.2) is 5.11 Å². The van der Waals surface area contributed by atoms with Gasteiger partial charge in [-0.25, -0.2) is 0 Å². The molecule has 2 aromatic carbocycles. The maximum atomic E-state index is 5.50. The molecule has 0 fully saturated rings. The maximum absolute atomic E-state index is 5.50. The number of nitrogens with one attached hydrogen (secondary N) is 2. The Bertz CT molecular complexity index is 650. The highest BCUT2D eigenvalue weighted by atomic mass is 32.1. The van der Waals surface area contributed by atoms with Gasteiger partial charge in [-0.1, -0.05) is 43.7 Å². The number of benzene rings is 2. The smallest absolute Gasteiger partial charge is 0.171 e. The molecule has 2 aromatic rings. The predicted molar refractivity (Wildman–Crippen MR) is 106 cm³/mol. The molecule has 0 aromatic heterocycles. The van der Waals surface area contributed by atoms with Crippen molar-refractivity contribution in [3.63, 3.8) is 0 Å². The van der Waals surface area contributed by atoms with Crippen molar-refractivity contribution in [2.75, 3.05) is 12.4 Å². The van der Waals surface area contributed by atoms with Gasteiger partial charge in [-0.05, 0) is 61.3 Å². The predicted octanol–water partition coefficient (Wildman–Crippen LogP) is 5.08. The first-order valence-electron chi connectivity index (χ1n) is 8.26. The van der Waals surface area contributed by atoms with E-state index in [4.69, 9.17) is 17.0 Å². The average Bonchev–Trinajstić information content (AvgIpc) is 2.56. The van der Waals surface area contributed by atoms with E-state index in [9.17, 15) is 0 Å². The topological polar surface area (TPSA) is 33.3 Å². The molecule has 0 unspecified atom stereocenters. The summed E-state index contributed by atoms with van der Waals surface area (Å²) in [6.45, 7) is 6.51. The molecule has 0 amide bonds. The molecule has 0 bridgehead atoms. The fourth-order valence-electron chi connectivity index (χ4n) is 2.55. The molecule has 0 saturated carbocycles. The van der Waals surface area contributed by atoms with Crippen molar-refractivity contribution in [1.29, 1.82) is 0 Å². The van der Waals surface area contributed by atoms with Crippen LogP contribution < -0.4 is 15.4 Å². The normalized spacial score (nSPS) is 11.9. The Hall–Kier alpha value is -2.07. The number of hydrogen-bond acceptors (Lipinski definition) is 2. The van der Waals surface area contributed by atoms with Crippen LogP contribution >= 0.6 is 12.2 Å². The zero-order valence-corrected chi connectivity index (χ0v) is 15.6. The summed E-state index contributed by atoms with van der Waals surface area (Å²) in [6, 6.07) is 16.5. The molecule has 2 N–H and O–H groups in total. The quantitative estimate of drug-likeness (QED) is 0.718. The van der Waals surface area contributed by atoms with Crippen LogP contribution in [-0.4, -0.2) is 12.2 Å². The number of rotatable bonds is 6. The molecule has 0 heterocycles. The van der Waals surface area contributed by atoms with E-state index in [-0.39, 0.29) is 6.04 Å². The summed E-state index contributed by atoms with van der Waals surface area (Å²) in [5.74, 6) is 1.43. The number of anilines is 1. The summed E-state index contributed by atoms with van der Waals surface area (Å²) >= 11 is 5.50. The Morgan fingerprint density at radius 2 is 1.67 bits per heavy atom. The van der Waals surface area contributed by atoms with E-state index in [1.807, 2.05) is 24.3 Å². The van der Waals surface area contributed by atoms with Crippen molar-refractivity contribution in [3.8, 4) is 5.75 Å². The Morgan fingerprint density at radius 3 is 2.21 bits per heavy atom. The number of aryl methyl sites for hydroxylation is 1. The van der Waals surface area contributed by atoms with Crippen LogP contribution in [0.3, 0.4) is 0 Å². The van der Waals surface area contributed by atoms with Crippen molar-refractivity contribution in [3.05, 3.63) is 59.7 Å². The van der Waals surface area contributed by atoms with Crippen molar-refractivity contribution < 1.29 is 4.74 Å². The molecular weight excluding hydrogens is 316 g/mol. The summed E-state index contributed by atoms with van der Waals surface area (Å²) in [5, 5.41) is 7.34. The van der Waals surface area contributed by atoms with E-state index in [0.29, 0.717) is 11.0 Å². The van der Waals surface area contributed by atoms with E-state index in [1.165, 1.54) is 11.1 Å². The molecule has 3 nitrogen and oxygen atoms in total. The second-order valence-electron chi connectivity index (χ2n) is 6.42. The lowest BCUT2D eigenvalue weighted by molar-refractivity contribution is 0.414. The molecule has 0 radical (unpaired) electrons. The highest BCUT2D eigenvalue weighted by Crippen LogP contribution is 2.24. The number of hydrogen-bond donors (Lipinski definition) is 2. The molecule has 0 aliphatic rings. The van der Waals surface area contributed by atoms with E-state index in [0.717, 1.165) is 17.9 Å². The summed E-state index contributed by atoms with van der Waals surface area (Å²) in [7, 11) is 1.68. The van der Waals surface area contributed by atoms with Gasteiger partial charge in [-0.2, -0.15) is 0 Å². The van der Waals surface area contributed by atoms with Crippen LogP contribution in [0.5, 0.6) is 5.75 Å². The van der Waals surface area contributed by atoms with Gasteiger partial charge < -0.3 is 15.4 Å². The summed E-state index contributed by atoms with van der Waals surface area (Å²) in [4.78, 5) is 0. The molecule has 0 aliphatic carbocycles. The van der Waals surface area contributed by atoms with Crippen molar-refractivity contribution in [1.82, 2.24) is 5.32 Å². The zero-order chi connectivity index (χ0) is 17.5.